The van der Waals surface area contributed by atoms with E-state index in [0.29, 0.717) is 19.4 Å². The summed E-state index contributed by atoms with van der Waals surface area (Å²) in [4.78, 5) is 18.8. The van der Waals surface area contributed by atoms with Gasteiger partial charge in [-0.2, -0.15) is 0 Å². The van der Waals surface area contributed by atoms with Crippen LogP contribution in [0.15, 0.2) is 0 Å². The maximum absolute atomic E-state index is 10.2. The van der Waals surface area contributed by atoms with Crippen LogP contribution >= 0.6 is 0 Å². The van der Waals surface area contributed by atoms with Crippen molar-refractivity contribution in [2.75, 3.05) is 6.54 Å². The normalized spacial score (nSPS) is 10.6. The molecule has 16 heavy (non-hydrogen) atoms. The number of carbonyl (C=O) groups is 2. The Morgan fingerprint density at radius 1 is 1.31 bits per heavy atom. The molecule has 1 atom stereocenters. The second-order valence-corrected chi connectivity index (χ2v) is 2.71. The van der Waals surface area contributed by atoms with E-state index >= 15 is 0 Å². The smallest absolute Gasteiger partial charge is 0.480 e. The van der Waals surface area contributed by atoms with E-state index in [0.717, 1.165) is 0 Å². The van der Waals surface area contributed by atoms with Gasteiger partial charge in [0.05, 0.1) is 0 Å². The summed E-state index contributed by atoms with van der Waals surface area (Å²) in [6.07, 6.45) is -0.858. The van der Waals surface area contributed by atoms with E-state index in [2.05, 4.69) is 5.32 Å². The molecule has 0 aliphatic rings. The van der Waals surface area contributed by atoms with Crippen LogP contribution < -0.4 is 16.8 Å². The third-order valence-electron chi connectivity index (χ3n) is 1.32. The van der Waals surface area contributed by atoms with Crippen molar-refractivity contribution >= 4 is 18.1 Å². The van der Waals surface area contributed by atoms with Crippen LogP contribution in [0, 0.1) is 5.41 Å². The molecule has 9 heteroatoms. The largest absolute Gasteiger partial charge is 0.503 e. The SMILES string of the molecule is N=C(N)NCCC[C@H](N)C(=O)O.O=C(O)O. The molecular weight excluding hydrogens is 220 g/mol. The minimum absolute atomic E-state index is 0.112. The molecule has 0 heterocycles. The van der Waals surface area contributed by atoms with Gasteiger partial charge in [-0.15, -0.1) is 0 Å². The number of aliphatic carboxylic acids is 1. The number of nitrogens with two attached hydrogens (primary N) is 2. The van der Waals surface area contributed by atoms with E-state index in [4.69, 9.17) is 37.0 Å². The molecular formula is C7H16N4O5. The fourth-order valence-electron chi connectivity index (χ4n) is 0.669. The van der Waals surface area contributed by atoms with E-state index in [9.17, 15) is 4.79 Å². The molecule has 0 rings (SSSR count). The van der Waals surface area contributed by atoms with E-state index < -0.39 is 18.2 Å². The maximum atomic E-state index is 10.2. The third kappa shape index (κ3) is 17.9. The lowest BCUT2D eigenvalue weighted by Crippen LogP contribution is -2.34. The molecule has 94 valence electrons. The number of hydrogen-bond donors (Lipinski definition) is 7. The minimum atomic E-state index is -1.83. The average Bonchev–Trinajstić information content (AvgIpc) is 2.10. The van der Waals surface area contributed by atoms with Crippen molar-refractivity contribution in [2.24, 2.45) is 11.5 Å². The van der Waals surface area contributed by atoms with Crippen LogP contribution in [0.25, 0.3) is 0 Å². The first kappa shape index (κ1) is 16.4. The highest BCUT2D eigenvalue weighted by molar-refractivity contribution is 5.74. The first-order valence-electron chi connectivity index (χ1n) is 4.25. The van der Waals surface area contributed by atoms with Crippen LogP contribution in [-0.4, -0.2) is 46.0 Å². The first-order valence-corrected chi connectivity index (χ1v) is 4.25. The molecule has 0 aromatic rings. The van der Waals surface area contributed by atoms with Crippen molar-refractivity contribution in [3.8, 4) is 0 Å². The molecule has 0 bridgehead atoms. The Kier molecular flexibility index (Phi) is 9.76. The summed E-state index contributed by atoms with van der Waals surface area (Å²) in [6.45, 7) is 0.482. The molecule has 0 fully saturated rings. The number of rotatable bonds is 5. The van der Waals surface area contributed by atoms with E-state index in [1.54, 1.807) is 0 Å². The van der Waals surface area contributed by atoms with Crippen LogP contribution in [0.5, 0.6) is 0 Å². The quantitative estimate of drug-likeness (QED) is 0.178. The number of hydrogen-bond acceptors (Lipinski definition) is 4. The first-order chi connectivity index (χ1) is 7.27. The fourth-order valence-corrected chi connectivity index (χ4v) is 0.669. The third-order valence-corrected chi connectivity index (χ3v) is 1.32. The van der Waals surface area contributed by atoms with Gasteiger partial charge in [-0.25, -0.2) is 4.79 Å². The van der Waals surface area contributed by atoms with Gasteiger partial charge in [0.1, 0.15) is 6.04 Å². The van der Waals surface area contributed by atoms with E-state index in [1.807, 2.05) is 0 Å². The average molecular weight is 236 g/mol. The van der Waals surface area contributed by atoms with Crippen molar-refractivity contribution in [3.63, 3.8) is 0 Å². The van der Waals surface area contributed by atoms with Crippen LogP contribution in [0.1, 0.15) is 12.8 Å². The number of guanidine groups is 1. The predicted molar refractivity (Wildman–Crippen MR) is 55.4 cm³/mol. The minimum Gasteiger partial charge on any atom is -0.480 e. The van der Waals surface area contributed by atoms with Crippen LogP contribution in [-0.2, 0) is 4.79 Å². The lowest BCUT2D eigenvalue weighted by Gasteiger charge is -2.06. The Morgan fingerprint density at radius 3 is 2.06 bits per heavy atom. The fraction of sp³-hybridized carbons (Fsp3) is 0.571. The monoisotopic (exact) mass is 236 g/mol. The van der Waals surface area contributed by atoms with Crippen LogP contribution in [0.4, 0.5) is 4.79 Å². The maximum Gasteiger partial charge on any atom is 0.503 e. The molecule has 0 aliphatic carbocycles. The highest BCUT2D eigenvalue weighted by Gasteiger charge is 2.09. The summed E-state index contributed by atoms with van der Waals surface area (Å²) in [7, 11) is 0. The van der Waals surface area contributed by atoms with Gasteiger partial charge < -0.3 is 32.1 Å². The number of carboxylic acids is 1. The van der Waals surface area contributed by atoms with E-state index in [-0.39, 0.29) is 5.96 Å². The standard InChI is InChI=1S/C6H14N4O2.CH2O3/c7-4(5(11)12)2-1-3-10-6(8)9;2-1(3)4/h4H,1-3,7H2,(H,11,12)(H4,8,9,10);(H2,2,3,4)/t4-;/m0./s1. The van der Waals surface area contributed by atoms with Crippen molar-refractivity contribution < 1.29 is 24.9 Å². The second-order valence-electron chi connectivity index (χ2n) is 2.71. The Hall–Kier alpha value is -2.03. The van der Waals surface area contributed by atoms with Gasteiger partial charge in [0.25, 0.3) is 0 Å². The molecule has 0 saturated heterocycles. The topological polar surface area (TPSA) is 183 Å². The molecule has 9 nitrogen and oxygen atoms in total. The molecule has 0 amide bonds. The highest BCUT2D eigenvalue weighted by atomic mass is 16.6. The predicted octanol–water partition coefficient (Wildman–Crippen LogP) is -1.12. The Balaban J connectivity index is 0. The molecule has 0 aromatic heterocycles. The van der Waals surface area contributed by atoms with Crippen molar-refractivity contribution in [3.05, 3.63) is 0 Å². The van der Waals surface area contributed by atoms with Crippen molar-refractivity contribution in [1.82, 2.24) is 5.32 Å². The van der Waals surface area contributed by atoms with Gasteiger partial charge in [-0.3, -0.25) is 10.2 Å². The Labute approximate surface area is 91.6 Å². The van der Waals surface area contributed by atoms with Gasteiger partial charge in [0.15, 0.2) is 5.96 Å². The zero-order valence-corrected chi connectivity index (χ0v) is 8.51. The van der Waals surface area contributed by atoms with Gasteiger partial charge in [-0.1, -0.05) is 0 Å². The Morgan fingerprint density at radius 2 is 1.75 bits per heavy atom. The highest BCUT2D eigenvalue weighted by Crippen LogP contribution is 1.92. The zero-order chi connectivity index (χ0) is 13.1. The van der Waals surface area contributed by atoms with Crippen molar-refractivity contribution in [2.45, 2.75) is 18.9 Å². The number of carboxylic acid groups (broad SMARTS) is 3. The number of nitrogens with one attached hydrogen (secondary N) is 2. The van der Waals surface area contributed by atoms with Crippen LogP contribution in [0.2, 0.25) is 0 Å². The summed E-state index contributed by atoms with van der Waals surface area (Å²) in [5.41, 5.74) is 10.2. The molecule has 0 unspecified atom stereocenters. The molecule has 9 N–H and O–H groups in total. The lowest BCUT2D eigenvalue weighted by molar-refractivity contribution is -0.138. The zero-order valence-electron chi connectivity index (χ0n) is 8.51. The van der Waals surface area contributed by atoms with E-state index in [1.165, 1.54) is 0 Å². The molecule has 0 aliphatic heterocycles. The molecule has 0 radical (unpaired) electrons. The lowest BCUT2D eigenvalue weighted by atomic mass is 10.2. The summed E-state index contributed by atoms with van der Waals surface area (Å²) < 4.78 is 0. The second kappa shape index (κ2) is 9.52. The summed E-state index contributed by atoms with van der Waals surface area (Å²) in [5.74, 6) is -1.11. The van der Waals surface area contributed by atoms with Gasteiger partial charge in [-0.05, 0) is 12.8 Å². The van der Waals surface area contributed by atoms with Gasteiger partial charge in [0.2, 0.25) is 0 Å². The van der Waals surface area contributed by atoms with Gasteiger partial charge in [0, 0.05) is 6.54 Å². The molecule has 0 saturated carbocycles. The van der Waals surface area contributed by atoms with Crippen molar-refractivity contribution in [1.29, 1.82) is 5.41 Å². The Bertz CT molecular complexity index is 241. The van der Waals surface area contributed by atoms with Crippen LogP contribution in [0.3, 0.4) is 0 Å². The van der Waals surface area contributed by atoms with Gasteiger partial charge >= 0.3 is 12.1 Å². The molecule has 0 aromatic carbocycles. The summed E-state index contributed by atoms with van der Waals surface area (Å²) in [5, 5.41) is 31.7. The summed E-state index contributed by atoms with van der Waals surface area (Å²) >= 11 is 0. The summed E-state index contributed by atoms with van der Waals surface area (Å²) in [6, 6.07) is -0.821. The molecule has 0 spiro atoms.